The summed E-state index contributed by atoms with van der Waals surface area (Å²) in [5, 5.41) is 2.78. The van der Waals surface area contributed by atoms with Crippen LogP contribution in [0.15, 0.2) is 66.9 Å². The molecule has 2 aromatic carbocycles. The number of amides is 1. The molecule has 0 aliphatic carbocycles. The zero-order valence-corrected chi connectivity index (χ0v) is 15.9. The van der Waals surface area contributed by atoms with E-state index in [2.05, 4.69) is 10.3 Å². The van der Waals surface area contributed by atoms with Gasteiger partial charge in [-0.05, 0) is 49.4 Å². The fraction of sp³-hybridized carbons (Fsp3) is 0.182. The number of para-hydroxylation sites is 1. The number of carbonyl (C=O) groups excluding carboxylic acids is 1. The average Bonchev–Trinajstić information content (AvgIpc) is 2.74. The largest absolute Gasteiger partial charge is 0.490 e. The number of anilines is 1. The van der Waals surface area contributed by atoms with E-state index in [4.69, 9.17) is 14.2 Å². The van der Waals surface area contributed by atoms with Gasteiger partial charge in [-0.3, -0.25) is 4.79 Å². The predicted octanol–water partition coefficient (Wildman–Crippen LogP) is 4.68. The van der Waals surface area contributed by atoms with E-state index in [1.54, 1.807) is 36.4 Å². The molecular weight excluding hydrogens is 375 g/mol. The SMILES string of the molecule is CCOCCOc1ccccc1C(=O)Nc1ccc(Oc2ccc(F)cc2)nc1. The van der Waals surface area contributed by atoms with Crippen LogP contribution in [0, 0.1) is 5.82 Å². The second-order valence-corrected chi connectivity index (χ2v) is 5.94. The summed E-state index contributed by atoms with van der Waals surface area (Å²) in [7, 11) is 0. The molecule has 0 radical (unpaired) electrons. The van der Waals surface area contributed by atoms with E-state index in [1.165, 1.54) is 30.5 Å². The highest BCUT2D eigenvalue weighted by Gasteiger charge is 2.13. The smallest absolute Gasteiger partial charge is 0.259 e. The van der Waals surface area contributed by atoms with Crippen molar-refractivity contribution in [2.45, 2.75) is 6.92 Å². The van der Waals surface area contributed by atoms with Crippen LogP contribution in [0.5, 0.6) is 17.4 Å². The second-order valence-electron chi connectivity index (χ2n) is 5.94. The number of nitrogens with one attached hydrogen (secondary N) is 1. The van der Waals surface area contributed by atoms with Gasteiger partial charge in [0.2, 0.25) is 5.88 Å². The number of hydrogen-bond acceptors (Lipinski definition) is 5. The second kappa shape index (κ2) is 10.2. The molecule has 0 saturated heterocycles. The Labute approximate surface area is 168 Å². The monoisotopic (exact) mass is 396 g/mol. The summed E-state index contributed by atoms with van der Waals surface area (Å²) in [6, 6.07) is 15.9. The lowest BCUT2D eigenvalue weighted by Gasteiger charge is -2.12. The summed E-state index contributed by atoms with van der Waals surface area (Å²) in [5.41, 5.74) is 0.918. The molecule has 29 heavy (non-hydrogen) atoms. The van der Waals surface area contributed by atoms with E-state index in [-0.39, 0.29) is 11.7 Å². The summed E-state index contributed by atoms with van der Waals surface area (Å²) < 4.78 is 29.4. The Morgan fingerprint density at radius 1 is 1.03 bits per heavy atom. The summed E-state index contributed by atoms with van der Waals surface area (Å²) in [6.07, 6.45) is 1.48. The summed E-state index contributed by atoms with van der Waals surface area (Å²) >= 11 is 0. The van der Waals surface area contributed by atoms with Gasteiger partial charge >= 0.3 is 0 Å². The van der Waals surface area contributed by atoms with Gasteiger partial charge in [-0.15, -0.1) is 0 Å². The van der Waals surface area contributed by atoms with Crippen molar-refractivity contribution < 1.29 is 23.4 Å². The van der Waals surface area contributed by atoms with Gasteiger partial charge in [0.1, 0.15) is 23.9 Å². The summed E-state index contributed by atoms with van der Waals surface area (Å²) in [5.74, 6) is 0.619. The highest BCUT2D eigenvalue weighted by atomic mass is 19.1. The van der Waals surface area contributed by atoms with Crippen molar-refractivity contribution in [1.29, 1.82) is 0 Å². The lowest BCUT2D eigenvalue weighted by molar-refractivity contribution is 0.0998. The Hall–Kier alpha value is -3.45. The molecule has 3 aromatic rings. The van der Waals surface area contributed by atoms with Crippen molar-refractivity contribution in [3.8, 4) is 17.4 Å². The van der Waals surface area contributed by atoms with Crippen molar-refractivity contribution in [3.63, 3.8) is 0 Å². The molecule has 0 fully saturated rings. The molecule has 0 spiro atoms. The Bertz CT molecular complexity index is 930. The number of carbonyl (C=O) groups is 1. The van der Waals surface area contributed by atoms with Crippen LogP contribution in [0.1, 0.15) is 17.3 Å². The van der Waals surface area contributed by atoms with Gasteiger partial charge in [-0.25, -0.2) is 9.37 Å². The van der Waals surface area contributed by atoms with Crippen LogP contribution >= 0.6 is 0 Å². The Balaban J connectivity index is 1.61. The van der Waals surface area contributed by atoms with Crippen LogP contribution < -0.4 is 14.8 Å². The minimum absolute atomic E-state index is 0.314. The van der Waals surface area contributed by atoms with Crippen LogP contribution in [-0.2, 0) is 4.74 Å². The van der Waals surface area contributed by atoms with E-state index in [0.717, 1.165) is 0 Å². The van der Waals surface area contributed by atoms with Gasteiger partial charge < -0.3 is 19.5 Å². The van der Waals surface area contributed by atoms with Crippen molar-refractivity contribution in [1.82, 2.24) is 4.98 Å². The maximum absolute atomic E-state index is 12.9. The van der Waals surface area contributed by atoms with Crippen molar-refractivity contribution in [3.05, 3.63) is 78.2 Å². The topological polar surface area (TPSA) is 69.7 Å². The number of ether oxygens (including phenoxy) is 3. The third-order valence-electron chi connectivity index (χ3n) is 3.85. The van der Waals surface area contributed by atoms with E-state index in [1.807, 2.05) is 6.92 Å². The molecule has 0 bridgehead atoms. The quantitative estimate of drug-likeness (QED) is 0.532. The highest BCUT2D eigenvalue weighted by Crippen LogP contribution is 2.22. The molecule has 0 unspecified atom stereocenters. The van der Waals surface area contributed by atoms with Crippen molar-refractivity contribution in [2.24, 2.45) is 0 Å². The van der Waals surface area contributed by atoms with Gasteiger partial charge in [0.25, 0.3) is 5.91 Å². The first-order valence-corrected chi connectivity index (χ1v) is 9.16. The highest BCUT2D eigenvalue weighted by molar-refractivity contribution is 6.06. The van der Waals surface area contributed by atoms with Crippen molar-refractivity contribution in [2.75, 3.05) is 25.1 Å². The average molecular weight is 396 g/mol. The van der Waals surface area contributed by atoms with Crippen LogP contribution in [0.4, 0.5) is 10.1 Å². The maximum atomic E-state index is 12.9. The molecular formula is C22H21FN2O4. The van der Waals surface area contributed by atoms with Crippen LogP contribution in [0.2, 0.25) is 0 Å². The molecule has 0 aliphatic heterocycles. The predicted molar refractivity (Wildman–Crippen MR) is 107 cm³/mol. The normalized spacial score (nSPS) is 10.4. The first kappa shape index (κ1) is 20.3. The fourth-order valence-corrected chi connectivity index (χ4v) is 2.47. The van der Waals surface area contributed by atoms with Gasteiger partial charge in [0.15, 0.2) is 0 Å². The zero-order valence-electron chi connectivity index (χ0n) is 15.9. The first-order chi connectivity index (χ1) is 14.2. The lowest BCUT2D eigenvalue weighted by Crippen LogP contribution is -2.15. The molecule has 3 rings (SSSR count). The number of rotatable bonds is 9. The van der Waals surface area contributed by atoms with Crippen LogP contribution in [0.25, 0.3) is 0 Å². The molecule has 7 heteroatoms. The molecule has 0 atom stereocenters. The molecule has 1 amide bonds. The third kappa shape index (κ3) is 6.02. The molecule has 1 aromatic heterocycles. The van der Waals surface area contributed by atoms with Gasteiger partial charge in [-0.1, -0.05) is 12.1 Å². The number of nitrogens with zero attached hydrogens (tertiary/aromatic N) is 1. The molecule has 1 N–H and O–H groups in total. The molecule has 150 valence electrons. The lowest BCUT2D eigenvalue weighted by atomic mass is 10.2. The summed E-state index contributed by atoms with van der Waals surface area (Å²) in [6.45, 7) is 3.33. The fourth-order valence-electron chi connectivity index (χ4n) is 2.47. The minimum Gasteiger partial charge on any atom is -0.490 e. The Kier molecular flexibility index (Phi) is 7.13. The first-order valence-electron chi connectivity index (χ1n) is 9.16. The Morgan fingerprint density at radius 3 is 2.55 bits per heavy atom. The van der Waals surface area contributed by atoms with E-state index >= 15 is 0 Å². The van der Waals surface area contributed by atoms with Crippen LogP contribution in [0.3, 0.4) is 0 Å². The Morgan fingerprint density at radius 2 is 1.83 bits per heavy atom. The van der Waals surface area contributed by atoms with Gasteiger partial charge in [-0.2, -0.15) is 0 Å². The number of benzene rings is 2. The zero-order chi connectivity index (χ0) is 20.5. The third-order valence-corrected chi connectivity index (χ3v) is 3.85. The van der Waals surface area contributed by atoms with E-state index < -0.39 is 0 Å². The van der Waals surface area contributed by atoms with Gasteiger partial charge in [0, 0.05) is 12.7 Å². The standard InChI is InChI=1S/C22H21FN2O4/c1-2-27-13-14-28-20-6-4-3-5-19(20)22(26)25-17-9-12-21(24-15-17)29-18-10-7-16(23)8-11-18/h3-12,15H,2,13-14H2,1H3,(H,25,26). The number of pyridine rings is 1. The molecule has 0 saturated carbocycles. The molecule has 0 aliphatic rings. The maximum Gasteiger partial charge on any atom is 0.259 e. The van der Waals surface area contributed by atoms with E-state index in [9.17, 15) is 9.18 Å². The number of halogens is 1. The van der Waals surface area contributed by atoms with Crippen molar-refractivity contribution >= 4 is 11.6 Å². The molecule has 6 nitrogen and oxygen atoms in total. The molecule has 1 heterocycles. The van der Waals surface area contributed by atoms with E-state index in [0.29, 0.717) is 48.5 Å². The minimum atomic E-state index is -0.342. The number of aromatic nitrogens is 1. The number of hydrogen-bond donors (Lipinski definition) is 1. The summed E-state index contributed by atoms with van der Waals surface area (Å²) in [4.78, 5) is 16.8. The van der Waals surface area contributed by atoms with Crippen LogP contribution in [-0.4, -0.2) is 30.7 Å². The van der Waals surface area contributed by atoms with Gasteiger partial charge in [0.05, 0.1) is 24.1 Å².